The van der Waals surface area contributed by atoms with Gasteiger partial charge in [-0.15, -0.1) is 0 Å². The fraction of sp³-hybridized carbons (Fsp3) is 1.00. The van der Waals surface area contributed by atoms with Gasteiger partial charge in [-0.2, -0.15) is 0 Å². The highest BCUT2D eigenvalue weighted by molar-refractivity contribution is 5.05. The molecule has 0 amide bonds. The second-order valence-corrected chi connectivity index (χ2v) is 5.00. The van der Waals surface area contributed by atoms with Crippen molar-refractivity contribution in [3.8, 4) is 0 Å². The topological polar surface area (TPSA) is 26.0 Å². The van der Waals surface area contributed by atoms with Crippen LogP contribution in [0.15, 0.2) is 0 Å². The largest absolute Gasteiger partial charge is 0.330 e. The molecule has 72 valence electrons. The van der Waals surface area contributed by atoms with E-state index in [1.54, 1.807) is 0 Å². The summed E-state index contributed by atoms with van der Waals surface area (Å²) in [6.45, 7) is 10.2. The third-order valence-electron chi connectivity index (χ3n) is 4.17. The van der Waals surface area contributed by atoms with Crippen molar-refractivity contribution in [2.24, 2.45) is 22.5 Å². The molecule has 1 aliphatic carbocycles. The molecule has 0 spiro atoms. The zero-order valence-electron chi connectivity index (χ0n) is 8.98. The first kappa shape index (κ1) is 10.0. The molecule has 2 N–H and O–H groups in total. The average molecular weight is 169 g/mol. The van der Waals surface area contributed by atoms with Crippen molar-refractivity contribution < 1.29 is 0 Å². The second-order valence-electron chi connectivity index (χ2n) is 5.00. The van der Waals surface area contributed by atoms with Gasteiger partial charge < -0.3 is 5.73 Å². The molecule has 0 aromatic heterocycles. The molecule has 1 fully saturated rings. The molecule has 1 rings (SSSR count). The summed E-state index contributed by atoms with van der Waals surface area (Å²) in [5.74, 6) is 0.847. The Morgan fingerprint density at radius 1 is 1.25 bits per heavy atom. The van der Waals surface area contributed by atoms with Crippen LogP contribution >= 0.6 is 0 Å². The molecule has 0 radical (unpaired) electrons. The molecule has 3 unspecified atom stereocenters. The van der Waals surface area contributed by atoms with E-state index in [1.807, 2.05) is 0 Å². The Morgan fingerprint density at radius 2 is 1.83 bits per heavy atom. The Balaban J connectivity index is 2.69. The summed E-state index contributed by atoms with van der Waals surface area (Å²) in [6, 6.07) is 0. The molecule has 0 heterocycles. The molecule has 0 aliphatic heterocycles. The van der Waals surface area contributed by atoms with Gasteiger partial charge >= 0.3 is 0 Å². The first-order valence-electron chi connectivity index (χ1n) is 5.22. The molecule has 1 heteroatoms. The lowest BCUT2D eigenvalue weighted by molar-refractivity contribution is -0.103. The molecule has 1 nitrogen and oxygen atoms in total. The van der Waals surface area contributed by atoms with Crippen molar-refractivity contribution in [1.82, 2.24) is 0 Å². The van der Waals surface area contributed by atoms with Crippen LogP contribution < -0.4 is 5.73 Å². The highest BCUT2D eigenvalue weighted by Gasteiger charge is 2.54. The molecule has 0 bridgehead atoms. The molecule has 0 aromatic rings. The third-order valence-corrected chi connectivity index (χ3v) is 4.17. The van der Waals surface area contributed by atoms with Crippen LogP contribution in [0, 0.1) is 16.7 Å². The van der Waals surface area contributed by atoms with E-state index in [4.69, 9.17) is 5.73 Å². The van der Waals surface area contributed by atoms with E-state index in [9.17, 15) is 0 Å². The van der Waals surface area contributed by atoms with E-state index in [2.05, 4.69) is 27.7 Å². The first-order valence-corrected chi connectivity index (χ1v) is 5.22. The van der Waals surface area contributed by atoms with Gasteiger partial charge in [0, 0.05) is 0 Å². The van der Waals surface area contributed by atoms with Crippen molar-refractivity contribution in [1.29, 1.82) is 0 Å². The number of hydrogen-bond donors (Lipinski definition) is 1. The third kappa shape index (κ3) is 1.19. The van der Waals surface area contributed by atoms with Crippen LogP contribution in [-0.4, -0.2) is 6.54 Å². The maximum absolute atomic E-state index is 5.81. The van der Waals surface area contributed by atoms with Gasteiger partial charge in [0.2, 0.25) is 0 Å². The quantitative estimate of drug-likeness (QED) is 0.690. The molecule has 0 saturated heterocycles. The average Bonchev–Trinajstić information content (AvgIpc) is 2.04. The zero-order valence-corrected chi connectivity index (χ0v) is 8.98. The van der Waals surface area contributed by atoms with Gasteiger partial charge in [0.15, 0.2) is 0 Å². The lowest BCUT2D eigenvalue weighted by Crippen LogP contribution is -2.56. The smallest absolute Gasteiger partial charge is 0.00201 e. The summed E-state index contributed by atoms with van der Waals surface area (Å²) in [5, 5.41) is 0. The second kappa shape index (κ2) is 3.02. The summed E-state index contributed by atoms with van der Waals surface area (Å²) in [7, 11) is 0. The Hall–Kier alpha value is -0.0400. The Labute approximate surface area is 76.7 Å². The number of nitrogens with two attached hydrogens (primary N) is 1. The van der Waals surface area contributed by atoms with Crippen LogP contribution in [-0.2, 0) is 0 Å². The van der Waals surface area contributed by atoms with Crippen molar-refractivity contribution in [2.75, 3.05) is 6.54 Å². The standard InChI is InChI=1S/C11H23N/c1-5-9-10(3,6-2)7-11(9,4)8-12/h9H,5-8,12H2,1-4H3. The van der Waals surface area contributed by atoms with E-state index in [0.29, 0.717) is 10.8 Å². The summed E-state index contributed by atoms with van der Waals surface area (Å²) in [6.07, 6.45) is 3.92. The maximum atomic E-state index is 5.81. The molecule has 12 heavy (non-hydrogen) atoms. The van der Waals surface area contributed by atoms with Crippen molar-refractivity contribution in [3.63, 3.8) is 0 Å². The Morgan fingerprint density at radius 3 is 2.17 bits per heavy atom. The van der Waals surface area contributed by atoms with Gasteiger partial charge in [-0.1, -0.05) is 40.5 Å². The highest BCUT2D eigenvalue weighted by atomic mass is 14.7. The predicted molar refractivity (Wildman–Crippen MR) is 54.0 cm³/mol. The van der Waals surface area contributed by atoms with E-state index in [0.717, 1.165) is 12.5 Å². The minimum absolute atomic E-state index is 0.444. The van der Waals surface area contributed by atoms with Crippen LogP contribution in [0.25, 0.3) is 0 Å². The van der Waals surface area contributed by atoms with Gasteiger partial charge in [0.05, 0.1) is 0 Å². The van der Waals surface area contributed by atoms with Crippen molar-refractivity contribution >= 4 is 0 Å². The summed E-state index contributed by atoms with van der Waals surface area (Å²) in [4.78, 5) is 0. The number of hydrogen-bond acceptors (Lipinski definition) is 1. The summed E-state index contributed by atoms with van der Waals surface area (Å²) < 4.78 is 0. The van der Waals surface area contributed by atoms with Crippen LogP contribution in [0.2, 0.25) is 0 Å². The van der Waals surface area contributed by atoms with Gasteiger partial charge in [-0.25, -0.2) is 0 Å². The van der Waals surface area contributed by atoms with E-state index >= 15 is 0 Å². The predicted octanol–water partition coefficient (Wildman–Crippen LogP) is 2.80. The minimum Gasteiger partial charge on any atom is -0.330 e. The lowest BCUT2D eigenvalue weighted by atomic mass is 9.45. The summed E-state index contributed by atoms with van der Waals surface area (Å²) >= 11 is 0. The van der Waals surface area contributed by atoms with Crippen molar-refractivity contribution in [3.05, 3.63) is 0 Å². The molecular formula is C11H23N. The molecular weight excluding hydrogens is 146 g/mol. The fourth-order valence-electron chi connectivity index (χ4n) is 3.45. The lowest BCUT2D eigenvalue weighted by Gasteiger charge is -2.60. The maximum Gasteiger partial charge on any atom is -0.00201 e. The van der Waals surface area contributed by atoms with Crippen LogP contribution in [0.4, 0.5) is 0 Å². The SMILES string of the molecule is CCC1C(C)(CC)CC1(C)CN. The minimum atomic E-state index is 0.444. The van der Waals surface area contributed by atoms with E-state index in [-0.39, 0.29) is 0 Å². The van der Waals surface area contributed by atoms with Gasteiger partial charge in [0.1, 0.15) is 0 Å². The zero-order chi connectivity index (χ0) is 9.41. The molecule has 1 aliphatic rings. The fourth-order valence-corrected chi connectivity index (χ4v) is 3.45. The van der Waals surface area contributed by atoms with E-state index < -0.39 is 0 Å². The molecule has 1 saturated carbocycles. The normalized spacial score (nSPS) is 47.2. The molecule has 0 aromatic carbocycles. The van der Waals surface area contributed by atoms with Gasteiger partial charge in [0.25, 0.3) is 0 Å². The van der Waals surface area contributed by atoms with Crippen LogP contribution in [0.5, 0.6) is 0 Å². The van der Waals surface area contributed by atoms with Gasteiger partial charge in [-0.3, -0.25) is 0 Å². The van der Waals surface area contributed by atoms with Crippen molar-refractivity contribution in [2.45, 2.75) is 47.0 Å². The Bertz CT molecular complexity index is 150. The monoisotopic (exact) mass is 169 g/mol. The van der Waals surface area contributed by atoms with Crippen LogP contribution in [0.1, 0.15) is 47.0 Å². The Kier molecular flexibility index (Phi) is 2.53. The summed E-state index contributed by atoms with van der Waals surface area (Å²) in [5.41, 5.74) is 6.84. The number of rotatable bonds is 3. The highest BCUT2D eigenvalue weighted by Crippen LogP contribution is 2.61. The van der Waals surface area contributed by atoms with Crippen LogP contribution in [0.3, 0.4) is 0 Å². The van der Waals surface area contributed by atoms with Gasteiger partial charge in [-0.05, 0) is 29.7 Å². The van der Waals surface area contributed by atoms with E-state index in [1.165, 1.54) is 19.3 Å². The first-order chi connectivity index (χ1) is 5.52. The molecule has 3 atom stereocenters.